The summed E-state index contributed by atoms with van der Waals surface area (Å²) >= 11 is 0. The van der Waals surface area contributed by atoms with Crippen molar-refractivity contribution in [3.05, 3.63) is 0 Å². The molecule has 180 valence electrons. The molecule has 0 aromatic carbocycles. The Morgan fingerprint density at radius 3 is 1.84 bits per heavy atom. The molecule has 31 heavy (non-hydrogen) atoms. The van der Waals surface area contributed by atoms with Crippen LogP contribution < -0.4 is 0 Å². The summed E-state index contributed by atoms with van der Waals surface area (Å²) < 4.78 is 5.64. The highest BCUT2D eigenvalue weighted by Gasteiger charge is 2.51. The van der Waals surface area contributed by atoms with Gasteiger partial charge in [0, 0.05) is 0 Å². The maximum Gasteiger partial charge on any atom is 0.308 e. The van der Waals surface area contributed by atoms with Gasteiger partial charge in [0.05, 0.1) is 12.5 Å². The predicted octanol–water partition coefficient (Wildman–Crippen LogP) is 9.01. The van der Waals surface area contributed by atoms with E-state index in [1.165, 1.54) is 116 Å². The van der Waals surface area contributed by atoms with Crippen LogP contribution in [0.4, 0.5) is 0 Å². The van der Waals surface area contributed by atoms with Gasteiger partial charge in [0.1, 0.15) is 0 Å². The van der Waals surface area contributed by atoms with Crippen LogP contribution in [-0.2, 0) is 9.53 Å². The van der Waals surface area contributed by atoms with Crippen LogP contribution in [0.25, 0.3) is 0 Å². The fourth-order valence-corrected chi connectivity index (χ4v) is 7.32. The first-order valence-corrected chi connectivity index (χ1v) is 14.3. The smallest absolute Gasteiger partial charge is 0.308 e. The highest BCUT2D eigenvalue weighted by atomic mass is 16.5. The molecule has 2 bridgehead atoms. The molecule has 0 N–H and O–H groups in total. The van der Waals surface area contributed by atoms with Crippen molar-refractivity contribution in [1.82, 2.24) is 0 Å². The summed E-state index contributed by atoms with van der Waals surface area (Å²) in [6.07, 6.45) is 28.4. The molecule has 0 aromatic heterocycles. The molecule has 0 atom stereocenters. The van der Waals surface area contributed by atoms with Crippen molar-refractivity contribution in [2.75, 3.05) is 6.61 Å². The minimum atomic E-state index is 0.112. The van der Waals surface area contributed by atoms with Gasteiger partial charge in [0.25, 0.3) is 0 Å². The summed E-state index contributed by atoms with van der Waals surface area (Å²) in [5.74, 6) is 1.19. The summed E-state index contributed by atoms with van der Waals surface area (Å²) in [4.78, 5) is 12.5. The number of fused-ring (bicyclic) bond motifs is 3. The van der Waals surface area contributed by atoms with E-state index < -0.39 is 0 Å². The summed E-state index contributed by atoms with van der Waals surface area (Å²) in [7, 11) is 0. The summed E-state index contributed by atoms with van der Waals surface area (Å²) in [5, 5.41) is 0. The lowest BCUT2D eigenvalue weighted by atomic mass is 9.47. The largest absolute Gasteiger partial charge is 0.465 e. The molecule has 0 saturated heterocycles. The van der Waals surface area contributed by atoms with E-state index in [9.17, 15) is 4.79 Å². The Morgan fingerprint density at radius 1 is 0.710 bits per heavy atom. The third kappa shape index (κ3) is 6.97. The van der Waals surface area contributed by atoms with Gasteiger partial charge in [0.2, 0.25) is 0 Å². The molecule has 4 aliphatic rings. The fraction of sp³-hybridized carbons (Fsp3) is 0.966. The lowest BCUT2D eigenvalue weighted by molar-refractivity contribution is -0.151. The zero-order chi connectivity index (χ0) is 22.0. The fourth-order valence-electron chi connectivity index (χ4n) is 7.32. The van der Waals surface area contributed by atoms with Gasteiger partial charge in [-0.3, -0.25) is 4.79 Å². The van der Waals surface area contributed by atoms with Crippen molar-refractivity contribution in [2.45, 2.75) is 149 Å². The Labute approximate surface area is 193 Å². The molecule has 2 heteroatoms. The predicted molar refractivity (Wildman–Crippen MR) is 131 cm³/mol. The van der Waals surface area contributed by atoms with E-state index in [1.807, 2.05) is 0 Å². The van der Waals surface area contributed by atoms with Gasteiger partial charge in [-0.05, 0) is 93.8 Å². The van der Waals surface area contributed by atoms with Gasteiger partial charge in [-0.25, -0.2) is 0 Å². The zero-order valence-electron chi connectivity index (χ0n) is 21.0. The first-order chi connectivity index (χ1) is 15.1. The molecule has 4 rings (SSSR count). The third-order valence-corrected chi connectivity index (χ3v) is 9.69. The van der Waals surface area contributed by atoms with E-state index in [1.54, 1.807) is 0 Å². The molecule has 2 nitrogen and oxygen atoms in total. The summed E-state index contributed by atoms with van der Waals surface area (Å²) in [6, 6.07) is 0. The topological polar surface area (TPSA) is 26.3 Å². The molecule has 4 fully saturated rings. The lowest BCUT2D eigenvalue weighted by Gasteiger charge is -2.58. The van der Waals surface area contributed by atoms with E-state index in [2.05, 4.69) is 13.8 Å². The number of unbranched alkanes of at least 4 members (excludes halogenated alkanes) is 8. The minimum absolute atomic E-state index is 0.112. The van der Waals surface area contributed by atoms with Gasteiger partial charge in [-0.15, -0.1) is 0 Å². The Balaban J connectivity index is 1.34. The van der Waals surface area contributed by atoms with E-state index in [4.69, 9.17) is 4.74 Å². The van der Waals surface area contributed by atoms with Crippen molar-refractivity contribution in [2.24, 2.45) is 22.7 Å². The van der Waals surface area contributed by atoms with Crippen LogP contribution in [0.5, 0.6) is 0 Å². The van der Waals surface area contributed by atoms with Crippen molar-refractivity contribution >= 4 is 5.97 Å². The number of esters is 1. The molecule has 4 aliphatic carbocycles. The van der Waals surface area contributed by atoms with Gasteiger partial charge in [-0.2, -0.15) is 0 Å². The van der Waals surface area contributed by atoms with Gasteiger partial charge in [-0.1, -0.05) is 71.6 Å². The SMILES string of the molecule is CCCCCCCOC(=O)C1CCC(C23CCC(CCCCCCC)(CC2)CC3)CC1. The van der Waals surface area contributed by atoms with Crippen LogP contribution >= 0.6 is 0 Å². The molecule has 0 spiro atoms. The Kier molecular flexibility index (Phi) is 10.2. The number of rotatable bonds is 14. The number of hydrogen-bond acceptors (Lipinski definition) is 2. The molecule has 0 aliphatic heterocycles. The van der Waals surface area contributed by atoms with Crippen LogP contribution in [0.3, 0.4) is 0 Å². The molecule has 0 amide bonds. The molecule has 0 heterocycles. The Hall–Kier alpha value is -0.530. The van der Waals surface area contributed by atoms with E-state index in [0.29, 0.717) is 17.4 Å². The van der Waals surface area contributed by atoms with Crippen LogP contribution in [-0.4, -0.2) is 12.6 Å². The number of hydrogen-bond donors (Lipinski definition) is 0. The summed E-state index contributed by atoms with van der Waals surface area (Å²) in [5.41, 5.74) is 1.35. The first-order valence-electron chi connectivity index (χ1n) is 14.3. The average Bonchev–Trinajstić information content (AvgIpc) is 2.82. The van der Waals surface area contributed by atoms with Gasteiger partial charge < -0.3 is 4.74 Å². The lowest BCUT2D eigenvalue weighted by Crippen LogP contribution is -2.46. The molecule has 0 radical (unpaired) electrons. The molecule has 4 saturated carbocycles. The van der Waals surface area contributed by atoms with Crippen molar-refractivity contribution in [3.63, 3.8) is 0 Å². The average molecular weight is 433 g/mol. The van der Waals surface area contributed by atoms with Crippen LogP contribution in [0, 0.1) is 22.7 Å². The monoisotopic (exact) mass is 432 g/mol. The number of carbonyl (C=O) groups excluding carboxylic acids is 1. The number of ether oxygens (including phenoxy) is 1. The normalized spacial score (nSPS) is 32.8. The standard InChI is InChI=1S/C29H52O2/c1-3-5-7-9-11-17-28-18-21-29(22-19-28,23-20-28)26-15-13-25(14-16-26)27(30)31-24-12-10-8-6-4-2/h25-26H,3-24H2,1-2H3. The molecular formula is C29H52O2. The third-order valence-electron chi connectivity index (χ3n) is 9.69. The second-order valence-electron chi connectivity index (χ2n) is 11.7. The maximum absolute atomic E-state index is 12.5. The van der Waals surface area contributed by atoms with Crippen LogP contribution in [0.2, 0.25) is 0 Å². The molecular weight excluding hydrogens is 380 g/mol. The van der Waals surface area contributed by atoms with E-state index in [0.717, 1.165) is 25.2 Å². The minimum Gasteiger partial charge on any atom is -0.465 e. The summed E-state index contributed by atoms with van der Waals surface area (Å²) in [6.45, 7) is 5.20. The van der Waals surface area contributed by atoms with Gasteiger partial charge in [0.15, 0.2) is 0 Å². The molecule has 0 aromatic rings. The van der Waals surface area contributed by atoms with Crippen molar-refractivity contribution in [1.29, 1.82) is 0 Å². The Bertz CT molecular complexity index is 492. The number of carbonyl (C=O) groups is 1. The first kappa shape index (κ1) is 25.1. The van der Waals surface area contributed by atoms with Crippen molar-refractivity contribution in [3.8, 4) is 0 Å². The highest BCUT2D eigenvalue weighted by Crippen LogP contribution is 2.63. The van der Waals surface area contributed by atoms with Gasteiger partial charge >= 0.3 is 5.97 Å². The van der Waals surface area contributed by atoms with Crippen molar-refractivity contribution < 1.29 is 9.53 Å². The molecule has 0 unspecified atom stereocenters. The van der Waals surface area contributed by atoms with Crippen LogP contribution in [0.15, 0.2) is 0 Å². The van der Waals surface area contributed by atoms with Crippen LogP contribution in [0.1, 0.15) is 149 Å². The van der Waals surface area contributed by atoms with E-state index >= 15 is 0 Å². The Morgan fingerprint density at radius 2 is 1.26 bits per heavy atom. The second-order valence-corrected chi connectivity index (χ2v) is 11.7. The maximum atomic E-state index is 12.5. The second kappa shape index (κ2) is 12.6. The highest BCUT2D eigenvalue weighted by molar-refractivity contribution is 5.72. The zero-order valence-corrected chi connectivity index (χ0v) is 21.0. The van der Waals surface area contributed by atoms with E-state index in [-0.39, 0.29) is 11.9 Å². The quantitative estimate of drug-likeness (QED) is 0.202.